The number of hydrogen-bond acceptors (Lipinski definition) is 5. The van der Waals surface area contributed by atoms with Crippen LogP contribution in [0.1, 0.15) is 19.8 Å². The van der Waals surface area contributed by atoms with Gasteiger partial charge in [-0.2, -0.15) is 4.31 Å². The Morgan fingerprint density at radius 3 is 2.41 bits per heavy atom. The highest BCUT2D eigenvalue weighted by molar-refractivity contribution is 7.89. The molecule has 0 aromatic heterocycles. The summed E-state index contributed by atoms with van der Waals surface area (Å²) in [6.45, 7) is 7.41. The quantitative estimate of drug-likeness (QED) is 0.749. The molecule has 1 atom stereocenters. The first-order valence-electron chi connectivity index (χ1n) is 10.6. The van der Waals surface area contributed by atoms with Crippen LogP contribution in [0.5, 0.6) is 5.75 Å². The molecule has 2 aromatic rings. The van der Waals surface area contributed by atoms with E-state index in [1.54, 1.807) is 16.4 Å². The van der Waals surface area contributed by atoms with Crippen LogP contribution in [0.25, 0.3) is 10.8 Å². The summed E-state index contributed by atoms with van der Waals surface area (Å²) in [6.07, 6.45) is 2.43. The van der Waals surface area contributed by atoms with Crippen molar-refractivity contribution in [3.05, 3.63) is 36.4 Å². The van der Waals surface area contributed by atoms with Gasteiger partial charge in [0.1, 0.15) is 5.75 Å². The zero-order valence-electron chi connectivity index (χ0n) is 17.4. The van der Waals surface area contributed by atoms with Crippen molar-refractivity contribution in [2.24, 2.45) is 0 Å². The number of nitrogens with zero attached hydrogens (tertiary/aromatic N) is 3. The van der Waals surface area contributed by atoms with Crippen LogP contribution in [0.2, 0.25) is 0 Å². The molecule has 0 radical (unpaired) electrons. The number of sulfonamides is 1. The monoisotopic (exact) mass is 417 g/mol. The predicted molar refractivity (Wildman–Crippen MR) is 116 cm³/mol. The van der Waals surface area contributed by atoms with Gasteiger partial charge in [0.15, 0.2) is 0 Å². The largest absolute Gasteiger partial charge is 0.493 e. The molecule has 0 bridgehead atoms. The molecule has 2 aliphatic rings. The lowest BCUT2D eigenvalue weighted by Gasteiger charge is -2.42. The van der Waals surface area contributed by atoms with Gasteiger partial charge in [0.05, 0.1) is 11.5 Å². The molecule has 6 nitrogen and oxygen atoms in total. The van der Waals surface area contributed by atoms with Crippen molar-refractivity contribution in [1.29, 1.82) is 0 Å². The molecule has 4 rings (SSSR count). The zero-order chi connectivity index (χ0) is 20.4. The Kier molecular flexibility index (Phi) is 6.11. The van der Waals surface area contributed by atoms with Gasteiger partial charge in [-0.05, 0) is 45.5 Å². The average Bonchev–Trinajstić information content (AvgIpc) is 2.74. The third-order valence-electron chi connectivity index (χ3n) is 6.15. The summed E-state index contributed by atoms with van der Waals surface area (Å²) >= 11 is 0. The van der Waals surface area contributed by atoms with E-state index in [4.69, 9.17) is 4.74 Å². The van der Waals surface area contributed by atoms with Crippen LogP contribution < -0.4 is 4.74 Å². The molecule has 158 valence electrons. The number of hydrogen-bond donors (Lipinski definition) is 0. The van der Waals surface area contributed by atoms with Gasteiger partial charge in [-0.1, -0.05) is 24.3 Å². The minimum atomic E-state index is -3.54. The maximum absolute atomic E-state index is 13.5. The standard InChI is InChI=1S/C22H31N3O3S/c1-3-28-21-10-11-22(20-9-5-4-8-19(20)21)29(26,27)25-15-13-24(14-16-25)18-7-6-12-23(2)17-18/h4-5,8-11,18H,3,6-7,12-17H2,1-2H3. The van der Waals surface area contributed by atoms with E-state index in [-0.39, 0.29) is 0 Å². The molecule has 7 heteroatoms. The maximum atomic E-state index is 13.5. The smallest absolute Gasteiger partial charge is 0.243 e. The van der Waals surface area contributed by atoms with Crippen molar-refractivity contribution in [1.82, 2.24) is 14.1 Å². The fourth-order valence-corrected chi connectivity index (χ4v) is 6.25. The first-order valence-corrected chi connectivity index (χ1v) is 12.0. The number of rotatable bonds is 5. The lowest BCUT2D eigenvalue weighted by atomic mass is 10.0. The molecule has 29 heavy (non-hydrogen) atoms. The van der Waals surface area contributed by atoms with Crippen LogP contribution in [0, 0.1) is 0 Å². The second kappa shape index (κ2) is 8.60. The third kappa shape index (κ3) is 4.14. The molecule has 1 unspecified atom stereocenters. The maximum Gasteiger partial charge on any atom is 0.243 e. The number of benzene rings is 2. The van der Waals surface area contributed by atoms with Gasteiger partial charge in [-0.15, -0.1) is 0 Å². The van der Waals surface area contributed by atoms with Gasteiger partial charge in [-0.25, -0.2) is 8.42 Å². The van der Waals surface area contributed by atoms with Crippen molar-refractivity contribution in [2.45, 2.75) is 30.7 Å². The van der Waals surface area contributed by atoms with Crippen molar-refractivity contribution in [3.63, 3.8) is 0 Å². The number of likely N-dealkylation sites (N-methyl/N-ethyl adjacent to an activating group) is 1. The second-order valence-corrected chi connectivity index (χ2v) is 9.95. The number of likely N-dealkylation sites (tertiary alicyclic amines) is 1. The lowest BCUT2D eigenvalue weighted by Crippen LogP contribution is -2.55. The molecule has 0 N–H and O–H groups in total. The molecule has 0 amide bonds. The molecule has 2 saturated heterocycles. The van der Waals surface area contributed by atoms with Crippen molar-refractivity contribution in [3.8, 4) is 5.75 Å². The Labute approximate surface area is 174 Å². The van der Waals surface area contributed by atoms with Crippen LogP contribution in [0.4, 0.5) is 0 Å². The minimum Gasteiger partial charge on any atom is -0.493 e. The highest BCUT2D eigenvalue weighted by atomic mass is 32.2. The zero-order valence-corrected chi connectivity index (χ0v) is 18.2. The van der Waals surface area contributed by atoms with Crippen molar-refractivity contribution < 1.29 is 13.2 Å². The summed E-state index contributed by atoms with van der Waals surface area (Å²) in [7, 11) is -1.37. The Balaban J connectivity index is 1.55. The SMILES string of the molecule is CCOc1ccc(S(=O)(=O)N2CCN(C3CCCN(C)C3)CC2)c2ccccc12. The Hall–Kier alpha value is -1.67. The summed E-state index contributed by atoms with van der Waals surface area (Å²) in [5.74, 6) is 0.730. The Morgan fingerprint density at radius 2 is 1.72 bits per heavy atom. The normalized spacial score (nSPS) is 22.8. The van der Waals surface area contributed by atoms with Crippen LogP contribution in [-0.2, 0) is 10.0 Å². The predicted octanol–water partition coefficient (Wildman–Crippen LogP) is 2.64. The van der Waals surface area contributed by atoms with E-state index in [1.165, 1.54) is 12.8 Å². The number of fused-ring (bicyclic) bond motifs is 1. The van der Waals surface area contributed by atoms with Gasteiger partial charge >= 0.3 is 0 Å². The molecule has 0 saturated carbocycles. The van der Waals surface area contributed by atoms with Gasteiger partial charge in [0, 0.05) is 49.5 Å². The van der Waals surface area contributed by atoms with E-state index in [2.05, 4.69) is 16.8 Å². The molecule has 2 heterocycles. The van der Waals surface area contributed by atoms with E-state index in [0.717, 1.165) is 42.7 Å². The van der Waals surface area contributed by atoms with E-state index in [1.807, 2.05) is 31.2 Å². The Bertz CT molecular complexity index is 955. The van der Waals surface area contributed by atoms with Crippen LogP contribution >= 0.6 is 0 Å². The summed E-state index contributed by atoms with van der Waals surface area (Å²) in [6, 6.07) is 11.6. The third-order valence-corrected chi connectivity index (χ3v) is 8.11. The van der Waals surface area contributed by atoms with E-state index in [0.29, 0.717) is 30.6 Å². The van der Waals surface area contributed by atoms with Crippen LogP contribution in [0.15, 0.2) is 41.3 Å². The molecular formula is C22H31N3O3S. The topological polar surface area (TPSA) is 53.1 Å². The van der Waals surface area contributed by atoms with Crippen LogP contribution in [0.3, 0.4) is 0 Å². The minimum absolute atomic E-state index is 0.377. The molecule has 2 fully saturated rings. The molecule has 0 aliphatic carbocycles. The van der Waals surface area contributed by atoms with Gasteiger partial charge in [-0.3, -0.25) is 4.90 Å². The number of ether oxygens (including phenoxy) is 1. The summed E-state index contributed by atoms with van der Waals surface area (Å²) < 4.78 is 34.3. The molecule has 2 aliphatic heterocycles. The van der Waals surface area contributed by atoms with E-state index >= 15 is 0 Å². The average molecular weight is 418 g/mol. The Morgan fingerprint density at radius 1 is 1.00 bits per heavy atom. The van der Waals surface area contributed by atoms with Gasteiger partial charge in [0.2, 0.25) is 10.0 Å². The van der Waals surface area contributed by atoms with Crippen molar-refractivity contribution >= 4 is 20.8 Å². The highest BCUT2D eigenvalue weighted by Gasteiger charge is 2.33. The first kappa shape index (κ1) is 20.6. The second-order valence-electron chi connectivity index (χ2n) is 8.04. The highest BCUT2D eigenvalue weighted by Crippen LogP contribution is 2.33. The van der Waals surface area contributed by atoms with E-state index < -0.39 is 10.0 Å². The lowest BCUT2D eigenvalue weighted by molar-refractivity contribution is 0.0824. The van der Waals surface area contributed by atoms with E-state index in [9.17, 15) is 8.42 Å². The summed E-state index contributed by atoms with van der Waals surface area (Å²) in [4.78, 5) is 5.23. The fraction of sp³-hybridized carbons (Fsp3) is 0.545. The summed E-state index contributed by atoms with van der Waals surface area (Å²) in [5.41, 5.74) is 0. The molecular weight excluding hydrogens is 386 g/mol. The van der Waals surface area contributed by atoms with Crippen molar-refractivity contribution in [2.75, 3.05) is 52.9 Å². The number of piperazine rings is 1. The summed E-state index contributed by atoms with van der Waals surface area (Å²) in [5, 5.41) is 1.58. The number of piperidine rings is 1. The first-order chi connectivity index (χ1) is 14.0. The van der Waals surface area contributed by atoms with Gasteiger partial charge < -0.3 is 9.64 Å². The molecule has 2 aromatic carbocycles. The van der Waals surface area contributed by atoms with Gasteiger partial charge in [0.25, 0.3) is 0 Å². The van der Waals surface area contributed by atoms with Crippen LogP contribution in [-0.4, -0.2) is 81.5 Å². The fourth-order valence-electron chi connectivity index (χ4n) is 4.64. The molecule has 0 spiro atoms.